The van der Waals surface area contributed by atoms with E-state index in [9.17, 15) is 18.0 Å². The fourth-order valence-corrected chi connectivity index (χ4v) is 5.65. The van der Waals surface area contributed by atoms with Gasteiger partial charge in [0.15, 0.2) is 11.6 Å². The van der Waals surface area contributed by atoms with Crippen LogP contribution in [0.5, 0.6) is 5.75 Å². The fraction of sp³-hybridized carbons (Fsp3) is 0.222. The molecular weight excluding hydrogens is 666 g/mol. The lowest BCUT2D eigenvalue weighted by molar-refractivity contribution is -0.137. The number of ether oxygens (including phenoxy) is 2. The van der Waals surface area contributed by atoms with Gasteiger partial charge in [-0.2, -0.15) is 13.2 Å². The van der Waals surface area contributed by atoms with Crippen molar-refractivity contribution in [3.05, 3.63) is 141 Å². The zero-order chi connectivity index (χ0) is 34.1. The molecule has 0 unspecified atom stereocenters. The van der Waals surface area contributed by atoms with Gasteiger partial charge in [0.1, 0.15) is 5.75 Å². The van der Waals surface area contributed by atoms with Gasteiger partial charge in [0.25, 0.3) is 5.91 Å². The predicted molar refractivity (Wildman–Crippen MR) is 180 cm³/mol. The van der Waals surface area contributed by atoms with E-state index >= 15 is 0 Å². The number of halogens is 5. The minimum atomic E-state index is -4.50. The van der Waals surface area contributed by atoms with Gasteiger partial charge in [-0.05, 0) is 53.6 Å². The molecule has 7 nitrogen and oxygen atoms in total. The molecule has 0 saturated carbocycles. The Labute approximate surface area is 286 Å². The first-order chi connectivity index (χ1) is 23.1. The number of carbonyl (C=O) groups is 1. The van der Waals surface area contributed by atoms with E-state index in [1.807, 2.05) is 42.5 Å². The Kier molecular flexibility index (Phi) is 11.4. The molecule has 4 aromatic rings. The molecule has 0 spiro atoms. The first-order valence-corrected chi connectivity index (χ1v) is 15.8. The molecule has 1 heterocycles. The van der Waals surface area contributed by atoms with E-state index < -0.39 is 29.3 Å². The molecule has 5 rings (SSSR count). The third-order valence-electron chi connectivity index (χ3n) is 7.56. The SMILES string of the molecule is O=C(NNCc1cccc(C(F)(F)F)c1)[C@@]1(C/C=C/c2ccccc2)N=C(c2ccc(OCCCO)cc2)O[C@H]1c1ccc(Cl)cc1Cl. The van der Waals surface area contributed by atoms with Crippen molar-refractivity contribution in [1.82, 2.24) is 10.9 Å². The lowest BCUT2D eigenvalue weighted by Gasteiger charge is -2.30. The number of amides is 1. The van der Waals surface area contributed by atoms with Crippen LogP contribution in [0.3, 0.4) is 0 Å². The van der Waals surface area contributed by atoms with Gasteiger partial charge in [-0.25, -0.2) is 10.4 Å². The first kappa shape index (κ1) is 35.0. The van der Waals surface area contributed by atoms with Gasteiger partial charge in [-0.1, -0.05) is 90.0 Å². The Bertz CT molecular complexity index is 1770. The molecule has 0 radical (unpaired) electrons. The van der Waals surface area contributed by atoms with E-state index in [2.05, 4.69) is 10.9 Å². The number of rotatable bonds is 13. The largest absolute Gasteiger partial charge is 0.494 e. The molecule has 1 aliphatic rings. The Balaban J connectivity index is 1.50. The zero-order valence-corrected chi connectivity index (χ0v) is 27.0. The molecule has 250 valence electrons. The van der Waals surface area contributed by atoms with E-state index in [0.29, 0.717) is 40.5 Å². The number of nitrogens with zero attached hydrogens (tertiary/aromatic N) is 1. The van der Waals surface area contributed by atoms with Crippen molar-refractivity contribution in [1.29, 1.82) is 0 Å². The van der Waals surface area contributed by atoms with Crippen molar-refractivity contribution in [2.24, 2.45) is 4.99 Å². The number of alkyl halides is 3. The van der Waals surface area contributed by atoms with Crippen molar-refractivity contribution in [3.63, 3.8) is 0 Å². The average molecular weight is 699 g/mol. The number of carbonyl (C=O) groups excluding carboxylic acids is 1. The van der Waals surface area contributed by atoms with E-state index in [1.165, 1.54) is 12.1 Å². The summed E-state index contributed by atoms with van der Waals surface area (Å²) in [6.45, 7) is 0.261. The summed E-state index contributed by atoms with van der Waals surface area (Å²) in [7, 11) is 0. The molecule has 3 N–H and O–H groups in total. The number of nitrogens with one attached hydrogen (secondary N) is 2. The minimum Gasteiger partial charge on any atom is -0.494 e. The van der Waals surface area contributed by atoms with Gasteiger partial charge in [0, 0.05) is 47.2 Å². The average Bonchev–Trinajstić information content (AvgIpc) is 3.46. The molecule has 12 heteroatoms. The van der Waals surface area contributed by atoms with Crippen molar-refractivity contribution < 1.29 is 32.5 Å². The van der Waals surface area contributed by atoms with Crippen LogP contribution < -0.4 is 15.6 Å². The zero-order valence-electron chi connectivity index (χ0n) is 25.5. The van der Waals surface area contributed by atoms with E-state index in [0.717, 1.165) is 17.7 Å². The second-order valence-corrected chi connectivity index (χ2v) is 11.8. The standard InChI is InChI=1S/C36H32Cl2F3N3O4/c37-28-14-17-30(31(38)22-28)32-35(18-5-10-24-7-2-1-3-8-24,34(46)44-42-23-25-9-4-11-27(21-25)36(39,40)41)43-33(48-32)26-12-15-29(16-13-26)47-20-6-19-45/h1-5,7-17,21-22,32,42,45H,6,18-20,23H2,(H,44,46)/b10-5+/t32-,35-/m0/s1. The summed E-state index contributed by atoms with van der Waals surface area (Å²) in [5.41, 5.74) is 5.26. The van der Waals surface area contributed by atoms with Crippen LogP contribution in [-0.2, 0) is 22.3 Å². The lowest BCUT2D eigenvalue weighted by Crippen LogP contribution is -2.52. The third-order valence-corrected chi connectivity index (χ3v) is 8.12. The molecule has 0 fully saturated rings. The molecule has 0 aliphatic carbocycles. The molecule has 48 heavy (non-hydrogen) atoms. The molecule has 4 aromatic carbocycles. The highest BCUT2D eigenvalue weighted by atomic mass is 35.5. The maximum atomic E-state index is 14.3. The quantitative estimate of drug-likeness (QED) is 0.0974. The number of aliphatic hydroxyl groups is 1. The van der Waals surface area contributed by atoms with Crippen LogP contribution in [0.2, 0.25) is 10.0 Å². The smallest absolute Gasteiger partial charge is 0.416 e. The predicted octanol–water partition coefficient (Wildman–Crippen LogP) is 7.95. The van der Waals surface area contributed by atoms with Crippen LogP contribution in [0, 0.1) is 0 Å². The summed E-state index contributed by atoms with van der Waals surface area (Å²) >= 11 is 12.9. The first-order valence-electron chi connectivity index (χ1n) is 15.1. The van der Waals surface area contributed by atoms with Crippen molar-refractivity contribution >= 4 is 41.1 Å². The molecule has 1 aliphatic heterocycles. The van der Waals surface area contributed by atoms with Crippen LogP contribution in [0.4, 0.5) is 13.2 Å². The highest BCUT2D eigenvalue weighted by Gasteiger charge is 2.53. The van der Waals surface area contributed by atoms with Gasteiger partial charge < -0.3 is 14.6 Å². The molecule has 0 bridgehead atoms. The monoisotopic (exact) mass is 697 g/mol. The molecule has 1 amide bonds. The molecular formula is C36H32Cl2F3N3O4. The summed E-state index contributed by atoms with van der Waals surface area (Å²) in [6, 6.07) is 26.1. The van der Waals surface area contributed by atoms with Crippen LogP contribution >= 0.6 is 23.2 Å². The Morgan fingerprint density at radius 1 is 1.00 bits per heavy atom. The molecule has 0 aromatic heterocycles. The molecule has 0 saturated heterocycles. The Hall–Kier alpha value is -4.35. The van der Waals surface area contributed by atoms with Crippen molar-refractivity contribution in [2.75, 3.05) is 13.2 Å². The number of hydrazine groups is 1. The summed E-state index contributed by atoms with van der Waals surface area (Å²) in [6.07, 6.45) is -1.31. The highest BCUT2D eigenvalue weighted by Crippen LogP contribution is 2.45. The van der Waals surface area contributed by atoms with Gasteiger partial charge in [0.2, 0.25) is 5.90 Å². The molecule has 2 atom stereocenters. The number of hydrogen-bond donors (Lipinski definition) is 3. The van der Waals surface area contributed by atoms with Crippen molar-refractivity contribution in [3.8, 4) is 5.75 Å². The second kappa shape index (κ2) is 15.7. The van der Waals surface area contributed by atoms with Crippen LogP contribution in [-0.4, -0.2) is 35.7 Å². The maximum Gasteiger partial charge on any atom is 0.416 e. The summed E-state index contributed by atoms with van der Waals surface area (Å²) in [5.74, 6) is 0.160. The summed E-state index contributed by atoms with van der Waals surface area (Å²) < 4.78 is 52.0. The maximum absolute atomic E-state index is 14.3. The Morgan fingerprint density at radius 3 is 2.48 bits per heavy atom. The topological polar surface area (TPSA) is 92.2 Å². The lowest BCUT2D eigenvalue weighted by atomic mass is 9.84. The minimum absolute atomic E-state index is 0.00897. The van der Waals surface area contributed by atoms with Gasteiger partial charge in [0.05, 0.1) is 12.2 Å². The third kappa shape index (κ3) is 8.56. The van der Waals surface area contributed by atoms with Gasteiger partial charge in [-0.15, -0.1) is 0 Å². The number of benzene rings is 4. The van der Waals surface area contributed by atoms with Crippen LogP contribution in [0.25, 0.3) is 6.08 Å². The highest BCUT2D eigenvalue weighted by molar-refractivity contribution is 6.35. The van der Waals surface area contributed by atoms with Gasteiger partial charge >= 0.3 is 6.18 Å². The fourth-order valence-electron chi connectivity index (χ4n) is 5.14. The number of hydrogen-bond acceptors (Lipinski definition) is 6. The van der Waals surface area contributed by atoms with Crippen LogP contribution in [0.1, 0.15) is 46.8 Å². The normalized spacial score (nSPS) is 17.6. The van der Waals surface area contributed by atoms with Crippen molar-refractivity contribution in [2.45, 2.75) is 37.2 Å². The van der Waals surface area contributed by atoms with Gasteiger partial charge in [-0.3, -0.25) is 10.2 Å². The summed E-state index contributed by atoms with van der Waals surface area (Å²) in [5, 5.41) is 9.70. The Morgan fingerprint density at radius 2 is 1.77 bits per heavy atom. The number of aliphatic hydroxyl groups excluding tert-OH is 1. The van der Waals surface area contributed by atoms with E-state index in [4.69, 9.17) is 42.8 Å². The second-order valence-electron chi connectivity index (χ2n) is 11.0. The van der Waals surface area contributed by atoms with Crippen LogP contribution in [0.15, 0.2) is 108 Å². The number of aliphatic imine (C=N–C) groups is 1. The van der Waals surface area contributed by atoms with E-state index in [1.54, 1.807) is 42.5 Å². The summed E-state index contributed by atoms with van der Waals surface area (Å²) in [4.78, 5) is 19.2. The van der Waals surface area contributed by atoms with E-state index in [-0.39, 0.29) is 30.5 Å².